The molecule has 23 heavy (non-hydrogen) atoms. The van der Waals surface area contributed by atoms with Crippen LogP contribution >= 0.6 is 0 Å². The van der Waals surface area contributed by atoms with Crippen LogP contribution in [0.2, 0.25) is 0 Å². The number of benzene rings is 2. The number of carbonyl (C=O) groups is 2. The molecule has 0 heterocycles. The quantitative estimate of drug-likeness (QED) is 0.653. The van der Waals surface area contributed by atoms with Gasteiger partial charge in [-0.1, -0.05) is 19.1 Å². The molecule has 7 heteroatoms. The molecule has 2 rings (SSSR count). The Labute approximate surface area is 132 Å². The third-order valence-corrected chi connectivity index (χ3v) is 3.04. The van der Waals surface area contributed by atoms with Gasteiger partial charge in [0.2, 0.25) is 5.91 Å². The number of carbonyl (C=O) groups excluding carboxylic acids is 2. The average Bonchev–Trinajstić information content (AvgIpc) is 2.55. The molecule has 0 unspecified atom stereocenters. The lowest BCUT2D eigenvalue weighted by molar-refractivity contribution is -0.384. The molecule has 2 amide bonds. The fraction of sp³-hybridized carbons (Fsp3) is 0.125. The highest BCUT2D eigenvalue weighted by Gasteiger charge is 2.10. The number of nitrogens with zero attached hydrogens (tertiary/aromatic N) is 1. The van der Waals surface area contributed by atoms with Gasteiger partial charge in [-0.2, -0.15) is 0 Å². The van der Waals surface area contributed by atoms with Gasteiger partial charge in [0.15, 0.2) is 0 Å². The molecule has 0 atom stereocenters. The zero-order valence-corrected chi connectivity index (χ0v) is 12.4. The van der Waals surface area contributed by atoms with E-state index in [0.29, 0.717) is 23.4 Å². The molecule has 2 aromatic carbocycles. The van der Waals surface area contributed by atoms with E-state index in [4.69, 9.17) is 0 Å². The summed E-state index contributed by atoms with van der Waals surface area (Å²) >= 11 is 0. The lowest BCUT2D eigenvalue weighted by atomic mass is 10.1. The fourth-order valence-electron chi connectivity index (χ4n) is 1.89. The Kier molecular flexibility index (Phi) is 5.03. The number of non-ortho nitro benzene ring substituents is 1. The summed E-state index contributed by atoms with van der Waals surface area (Å²) in [6.45, 7) is 1.73. The number of nitro benzene ring substituents is 1. The number of nitro groups is 1. The van der Waals surface area contributed by atoms with Gasteiger partial charge in [-0.3, -0.25) is 19.7 Å². The molecule has 2 aromatic rings. The van der Waals surface area contributed by atoms with E-state index >= 15 is 0 Å². The van der Waals surface area contributed by atoms with Gasteiger partial charge in [0.25, 0.3) is 11.6 Å². The lowest BCUT2D eigenvalue weighted by Crippen LogP contribution is -2.14. The molecule has 118 valence electrons. The maximum absolute atomic E-state index is 12.2. The summed E-state index contributed by atoms with van der Waals surface area (Å²) in [5, 5.41) is 16.0. The van der Waals surface area contributed by atoms with Crippen molar-refractivity contribution in [1.29, 1.82) is 0 Å². The van der Waals surface area contributed by atoms with E-state index < -0.39 is 10.8 Å². The number of rotatable bonds is 5. The van der Waals surface area contributed by atoms with Crippen LogP contribution in [0, 0.1) is 10.1 Å². The largest absolute Gasteiger partial charge is 0.326 e. The monoisotopic (exact) mass is 313 g/mol. The molecule has 0 aliphatic carbocycles. The van der Waals surface area contributed by atoms with Crippen molar-refractivity contribution in [2.24, 2.45) is 0 Å². The van der Waals surface area contributed by atoms with E-state index in [9.17, 15) is 19.7 Å². The topological polar surface area (TPSA) is 101 Å². The molecule has 0 aliphatic rings. The molecule has 0 saturated heterocycles. The van der Waals surface area contributed by atoms with E-state index in [0.717, 1.165) is 0 Å². The molecule has 0 fully saturated rings. The predicted octanol–water partition coefficient (Wildman–Crippen LogP) is 3.20. The Morgan fingerprint density at radius 3 is 2.35 bits per heavy atom. The summed E-state index contributed by atoms with van der Waals surface area (Å²) < 4.78 is 0. The first kappa shape index (κ1) is 16.2. The molecule has 0 bridgehead atoms. The Hall–Kier alpha value is -3.22. The second-order valence-electron chi connectivity index (χ2n) is 4.74. The Bertz CT molecular complexity index is 758. The summed E-state index contributed by atoms with van der Waals surface area (Å²) in [4.78, 5) is 33.8. The Morgan fingerprint density at radius 2 is 1.70 bits per heavy atom. The molecular formula is C16H15N3O4. The SMILES string of the molecule is CCC(=O)Nc1cccc(C(=O)Nc2cccc([N+](=O)[O-])c2)c1. The highest BCUT2D eigenvalue weighted by molar-refractivity contribution is 6.05. The molecule has 2 N–H and O–H groups in total. The number of hydrogen-bond acceptors (Lipinski definition) is 4. The predicted molar refractivity (Wildman–Crippen MR) is 86.4 cm³/mol. The van der Waals surface area contributed by atoms with E-state index in [1.165, 1.54) is 18.2 Å². The van der Waals surface area contributed by atoms with E-state index in [1.54, 1.807) is 37.3 Å². The van der Waals surface area contributed by atoms with Crippen molar-refractivity contribution in [3.8, 4) is 0 Å². The number of nitrogens with one attached hydrogen (secondary N) is 2. The molecule has 0 spiro atoms. The second-order valence-corrected chi connectivity index (χ2v) is 4.74. The van der Waals surface area contributed by atoms with Crippen molar-refractivity contribution in [3.63, 3.8) is 0 Å². The average molecular weight is 313 g/mol. The van der Waals surface area contributed by atoms with Crippen LogP contribution in [0.25, 0.3) is 0 Å². The van der Waals surface area contributed by atoms with Crippen molar-refractivity contribution in [3.05, 3.63) is 64.2 Å². The normalized spacial score (nSPS) is 9.96. The zero-order chi connectivity index (χ0) is 16.8. The maximum atomic E-state index is 12.2. The van der Waals surface area contributed by atoms with Crippen LogP contribution in [0.1, 0.15) is 23.7 Å². The Balaban J connectivity index is 2.14. The maximum Gasteiger partial charge on any atom is 0.271 e. The first-order valence-electron chi connectivity index (χ1n) is 6.95. The van der Waals surface area contributed by atoms with Crippen LogP contribution in [0.4, 0.5) is 17.1 Å². The summed E-state index contributed by atoms with van der Waals surface area (Å²) in [7, 11) is 0. The van der Waals surface area contributed by atoms with E-state index in [-0.39, 0.29) is 11.6 Å². The van der Waals surface area contributed by atoms with E-state index in [2.05, 4.69) is 10.6 Å². The van der Waals surface area contributed by atoms with Gasteiger partial charge in [0.05, 0.1) is 4.92 Å². The van der Waals surface area contributed by atoms with Gasteiger partial charge < -0.3 is 10.6 Å². The van der Waals surface area contributed by atoms with Gasteiger partial charge in [-0.15, -0.1) is 0 Å². The first-order chi connectivity index (χ1) is 11.0. The van der Waals surface area contributed by atoms with Crippen molar-refractivity contribution in [1.82, 2.24) is 0 Å². The van der Waals surface area contributed by atoms with Crippen molar-refractivity contribution < 1.29 is 14.5 Å². The fourth-order valence-corrected chi connectivity index (χ4v) is 1.89. The van der Waals surface area contributed by atoms with E-state index in [1.807, 2.05) is 0 Å². The van der Waals surface area contributed by atoms with Gasteiger partial charge >= 0.3 is 0 Å². The highest BCUT2D eigenvalue weighted by Crippen LogP contribution is 2.18. The lowest BCUT2D eigenvalue weighted by Gasteiger charge is -2.08. The van der Waals surface area contributed by atoms with Crippen molar-refractivity contribution in [2.45, 2.75) is 13.3 Å². The smallest absolute Gasteiger partial charge is 0.271 e. The van der Waals surface area contributed by atoms with Gasteiger partial charge in [-0.05, 0) is 24.3 Å². The highest BCUT2D eigenvalue weighted by atomic mass is 16.6. The number of amides is 2. The van der Waals surface area contributed by atoms with Crippen LogP contribution < -0.4 is 10.6 Å². The molecule has 0 radical (unpaired) electrons. The minimum Gasteiger partial charge on any atom is -0.326 e. The van der Waals surface area contributed by atoms with Crippen LogP contribution in [0.3, 0.4) is 0 Å². The standard InChI is InChI=1S/C16H15N3O4/c1-2-15(20)17-12-6-3-5-11(9-12)16(21)18-13-7-4-8-14(10-13)19(22)23/h3-10H,2H2,1H3,(H,17,20)(H,18,21). The van der Waals surface area contributed by atoms with Gasteiger partial charge in [0.1, 0.15) is 0 Å². The summed E-state index contributed by atoms with van der Waals surface area (Å²) in [6.07, 6.45) is 0.337. The van der Waals surface area contributed by atoms with Crippen molar-refractivity contribution in [2.75, 3.05) is 10.6 Å². The molecule has 0 aliphatic heterocycles. The number of anilines is 2. The van der Waals surface area contributed by atoms with Crippen LogP contribution in [-0.4, -0.2) is 16.7 Å². The molecule has 0 aromatic heterocycles. The molecule has 7 nitrogen and oxygen atoms in total. The molecular weight excluding hydrogens is 298 g/mol. The van der Waals surface area contributed by atoms with Crippen LogP contribution in [0.15, 0.2) is 48.5 Å². The summed E-state index contributed by atoms with van der Waals surface area (Å²) in [6, 6.07) is 12.1. The molecule has 0 saturated carbocycles. The minimum absolute atomic E-state index is 0.105. The summed E-state index contributed by atoms with van der Waals surface area (Å²) in [5.41, 5.74) is 1.08. The summed E-state index contributed by atoms with van der Waals surface area (Å²) in [5.74, 6) is -0.570. The second kappa shape index (κ2) is 7.17. The third kappa shape index (κ3) is 4.37. The number of hydrogen-bond donors (Lipinski definition) is 2. The minimum atomic E-state index is -0.531. The van der Waals surface area contributed by atoms with Gasteiger partial charge in [-0.25, -0.2) is 0 Å². The third-order valence-electron chi connectivity index (χ3n) is 3.04. The van der Waals surface area contributed by atoms with Crippen molar-refractivity contribution >= 4 is 28.9 Å². The van der Waals surface area contributed by atoms with Gasteiger partial charge in [0, 0.05) is 35.5 Å². The zero-order valence-electron chi connectivity index (χ0n) is 12.4. The van der Waals surface area contributed by atoms with Crippen LogP contribution in [0.5, 0.6) is 0 Å². The first-order valence-corrected chi connectivity index (χ1v) is 6.95. The van der Waals surface area contributed by atoms with Crippen LogP contribution in [-0.2, 0) is 4.79 Å². The Morgan fingerprint density at radius 1 is 1.04 bits per heavy atom.